The third-order valence-electron chi connectivity index (χ3n) is 3.13. The van der Waals surface area contributed by atoms with Crippen LogP contribution in [0.1, 0.15) is 13.8 Å². The Hall–Kier alpha value is -2.39. The summed E-state index contributed by atoms with van der Waals surface area (Å²) >= 11 is 0. The predicted molar refractivity (Wildman–Crippen MR) is 85.3 cm³/mol. The fraction of sp³-hybridized carbons (Fsp3) is 0.333. The van der Waals surface area contributed by atoms with Crippen molar-refractivity contribution in [3.63, 3.8) is 0 Å². The molecule has 0 radical (unpaired) electrons. The molecule has 1 aliphatic heterocycles. The number of rotatable bonds is 4. The summed E-state index contributed by atoms with van der Waals surface area (Å²) in [6.45, 7) is 2.91. The van der Waals surface area contributed by atoms with Gasteiger partial charge < -0.3 is 14.8 Å². The Morgan fingerprint density at radius 2 is 1.54 bits per heavy atom. The summed E-state index contributed by atoms with van der Waals surface area (Å²) in [5.41, 5.74) is 0.213. The molecule has 0 aromatic heterocycles. The van der Waals surface area contributed by atoms with Gasteiger partial charge in [-0.15, -0.1) is 0 Å². The molecule has 0 amide bonds. The molecular weight excluding hydrogens is 336 g/mol. The molecular formula is C15H18N2O6S. The normalized spacial score (nSPS) is 17.3. The summed E-state index contributed by atoms with van der Waals surface area (Å²) in [6, 6.07) is 5.85. The molecule has 8 nitrogen and oxygen atoms in total. The van der Waals surface area contributed by atoms with E-state index < -0.39 is 27.7 Å². The van der Waals surface area contributed by atoms with E-state index in [1.807, 2.05) is 0 Å². The van der Waals surface area contributed by atoms with E-state index in [0.717, 1.165) is 10.5 Å². The van der Waals surface area contributed by atoms with E-state index in [9.17, 15) is 18.0 Å². The van der Waals surface area contributed by atoms with E-state index >= 15 is 0 Å². The highest BCUT2D eigenvalue weighted by Crippen LogP contribution is 2.23. The van der Waals surface area contributed by atoms with Crippen LogP contribution in [0.25, 0.3) is 0 Å². The molecule has 130 valence electrons. The Morgan fingerprint density at radius 3 is 2.00 bits per heavy atom. The lowest BCUT2D eigenvalue weighted by molar-refractivity contribution is -0.222. The summed E-state index contributed by atoms with van der Waals surface area (Å²) in [4.78, 5) is 23.7. The first kappa shape index (κ1) is 18.0. The van der Waals surface area contributed by atoms with Crippen molar-refractivity contribution in [1.29, 1.82) is 0 Å². The number of nitrogens with zero attached hydrogens (tertiary/aromatic N) is 1. The molecule has 24 heavy (non-hydrogen) atoms. The van der Waals surface area contributed by atoms with Crippen LogP contribution in [0, 0.1) is 0 Å². The first-order valence-corrected chi connectivity index (χ1v) is 8.43. The molecule has 2 rings (SSSR count). The number of carbonyl (C=O) groups excluding carboxylic acids is 2. The highest BCUT2D eigenvalue weighted by Gasteiger charge is 2.38. The number of esters is 2. The van der Waals surface area contributed by atoms with Gasteiger partial charge in [-0.25, -0.2) is 22.3 Å². The zero-order chi connectivity index (χ0) is 18.1. The van der Waals surface area contributed by atoms with E-state index in [1.165, 1.54) is 52.2 Å². The predicted octanol–water partition coefficient (Wildman–Crippen LogP) is 1.07. The Kier molecular flexibility index (Phi) is 4.68. The topological polar surface area (TPSA) is 102 Å². The van der Waals surface area contributed by atoms with Gasteiger partial charge in [0.1, 0.15) is 0 Å². The van der Waals surface area contributed by atoms with Crippen molar-refractivity contribution in [3.8, 4) is 0 Å². The van der Waals surface area contributed by atoms with Gasteiger partial charge in [0.15, 0.2) is 5.57 Å². The quantitative estimate of drug-likeness (QED) is 0.490. The summed E-state index contributed by atoms with van der Waals surface area (Å²) in [5.74, 6) is -2.89. The maximum Gasteiger partial charge on any atom is 0.350 e. The summed E-state index contributed by atoms with van der Waals surface area (Å²) in [6.07, 6.45) is 1.16. The van der Waals surface area contributed by atoms with E-state index in [4.69, 9.17) is 9.47 Å². The number of benzene rings is 1. The van der Waals surface area contributed by atoms with Gasteiger partial charge in [-0.1, -0.05) is 0 Å². The number of hydrogen-bond donors (Lipinski definition) is 1. The van der Waals surface area contributed by atoms with Crippen LogP contribution in [-0.4, -0.2) is 44.5 Å². The minimum Gasteiger partial charge on any atom is -0.419 e. The molecule has 1 saturated heterocycles. The van der Waals surface area contributed by atoms with E-state index in [1.54, 1.807) is 0 Å². The lowest BCUT2D eigenvalue weighted by Crippen LogP contribution is -2.42. The second-order valence-corrected chi connectivity index (χ2v) is 7.84. The fourth-order valence-electron chi connectivity index (χ4n) is 1.87. The van der Waals surface area contributed by atoms with Crippen LogP contribution in [0.15, 0.2) is 40.9 Å². The molecule has 0 atom stereocenters. The first-order valence-electron chi connectivity index (χ1n) is 6.99. The minimum atomic E-state index is -3.52. The van der Waals surface area contributed by atoms with Crippen molar-refractivity contribution in [2.75, 3.05) is 19.4 Å². The van der Waals surface area contributed by atoms with Crippen molar-refractivity contribution in [2.45, 2.75) is 24.5 Å². The zero-order valence-corrected chi connectivity index (χ0v) is 14.5. The lowest BCUT2D eigenvalue weighted by atomic mass is 10.2. The maximum absolute atomic E-state index is 12.0. The Bertz CT molecular complexity index is 772. The zero-order valence-electron chi connectivity index (χ0n) is 13.7. The number of cyclic esters (lactones) is 2. The molecule has 1 aliphatic rings. The molecule has 0 aliphatic carbocycles. The second kappa shape index (κ2) is 6.25. The van der Waals surface area contributed by atoms with Crippen molar-refractivity contribution in [2.24, 2.45) is 0 Å². The van der Waals surface area contributed by atoms with Crippen molar-refractivity contribution in [1.82, 2.24) is 4.31 Å². The van der Waals surface area contributed by atoms with Crippen LogP contribution in [0.3, 0.4) is 0 Å². The van der Waals surface area contributed by atoms with Crippen LogP contribution >= 0.6 is 0 Å². The molecule has 1 aromatic rings. The van der Waals surface area contributed by atoms with Crippen LogP contribution in [-0.2, 0) is 29.1 Å². The molecule has 0 spiro atoms. The van der Waals surface area contributed by atoms with Gasteiger partial charge in [-0.3, -0.25) is 0 Å². The Labute approximate surface area is 140 Å². The Balaban J connectivity index is 2.15. The number of ether oxygens (including phenoxy) is 2. The molecule has 0 saturated carbocycles. The molecule has 0 bridgehead atoms. The maximum atomic E-state index is 12.0. The minimum absolute atomic E-state index is 0.129. The van der Waals surface area contributed by atoms with Crippen LogP contribution in [0.4, 0.5) is 5.69 Å². The van der Waals surface area contributed by atoms with Crippen molar-refractivity contribution >= 4 is 27.6 Å². The summed E-state index contributed by atoms with van der Waals surface area (Å²) < 4.78 is 35.0. The molecule has 9 heteroatoms. The highest BCUT2D eigenvalue weighted by atomic mass is 32.2. The van der Waals surface area contributed by atoms with Gasteiger partial charge in [-0.2, -0.15) is 0 Å². The third-order valence-corrected chi connectivity index (χ3v) is 4.96. The largest absolute Gasteiger partial charge is 0.419 e. The fourth-order valence-corrected chi connectivity index (χ4v) is 2.77. The number of sulfonamides is 1. The van der Waals surface area contributed by atoms with E-state index in [-0.39, 0.29) is 10.5 Å². The van der Waals surface area contributed by atoms with Crippen molar-refractivity contribution in [3.05, 3.63) is 36.0 Å². The average molecular weight is 354 g/mol. The van der Waals surface area contributed by atoms with Crippen LogP contribution in [0.2, 0.25) is 0 Å². The average Bonchev–Trinajstić information content (AvgIpc) is 2.45. The van der Waals surface area contributed by atoms with E-state index in [0.29, 0.717) is 5.69 Å². The SMILES string of the molecule is CN(C)S(=O)(=O)c1ccc(NC=C2C(=O)OC(C)(C)OC2=O)cc1. The standard InChI is InChI=1S/C15H18N2O6S/c1-15(2)22-13(18)12(14(19)23-15)9-16-10-5-7-11(8-6-10)24(20,21)17(3)4/h5-9,16H,1-4H3. The number of anilines is 1. The van der Waals surface area contributed by atoms with Crippen molar-refractivity contribution < 1.29 is 27.5 Å². The monoisotopic (exact) mass is 354 g/mol. The molecule has 0 unspecified atom stereocenters. The number of carbonyl (C=O) groups is 2. The smallest absolute Gasteiger partial charge is 0.350 e. The van der Waals surface area contributed by atoms with Gasteiger partial charge >= 0.3 is 11.9 Å². The summed E-state index contributed by atoms with van der Waals surface area (Å²) in [5, 5.41) is 2.74. The van der Waals surface area contributed by atoms with Crippen LogP contribution in [0.5, 0.6) is 0 Å². The van der Waals surface area contributed by atoms with E-state index in [2.05, 4.69) is 5.32 Å². The van der Waals surface area contributed by atoms with Gasteiger partial charge in [0.05, 0.1) is 4.90 Å². The highest BCUT2D eigenvalue weighted by molar-refractivity contribution is 7.89. The summed E-state index contributed by atoms with van der Waals surface area (Å²) in [7, 11) is -0.641. The molecule has 1 heterocycles. The van der Waals surface area contributed by atoms with Gasteiger partial charge in [0.2, 0.25) is 10.0 Å². The van der Waals surface area contributed by atoms with Crippen LogP contribution < -0.4 is 5.32 Å². The van der Waals surface area contributed by atoms with Gasteiger partial charge in [0.25, 0.3) is 5.79 Å². The molecule has 1 N–H and O–H groups in total. The number of hydrogen-bond acceptors (Lipinski definition) is 7. The van der Waals surface area contributed by atoms with Gasteiger partial charge in [-0.05, 0) is 24.3 Å². The lowest BCUT2D eigenvalue weighted by Gasteiger charge is -2.29. The number of nitrogens with one attached hydrogen (secondary N) is 1. The van der Waals surface area contributed by atoms with Gasteiger partial charge in [0, 0.05) is 39.8 Å². The first-order chi connectivity index (χ1) is 11.0. The molecule has 1 aromatic carbocycles. The second-order valence-electron chi connectivity index (χ2n) is 5.69. The third kappa shape index (κ3) is 3.74. The molecule has 1 fully saturated rings. The Morgan fingerprint density at radius 1 is 1.04 bits per heavy atom.